The van der Waals surface area contributed by atoms with Crippen LogP contribution in [0.15, 0.2) is 58.0 Å². The third kappa shape index (κ3) is 6.29. The van der Waals surface area contributed by atoms with E-state index < -0.39 is 0 Å². The quantitative estimate of drug-likeness (QED) is 0.401. The third-order valence-electron chi connectivity index (χ3n) is 3.95. The van der Waals surface area contributed by atoms with Crippen LogP contribution in [0.4, 0.5) is 0 Å². The lowest BCUT2D eigenvalue weighted by molar-refractivity contribution is 0.0954. The lowest BCUT2D eigenvalue weighted by Gasteiger charge is -2.23. The van der Waals surface area contributed by atoms with Crippen LogP contribution in [-0.4, -0.2) is 51.1 Å². The fourth-order valence-corrected chi connectivity index (χ4v) is 3.03. The van der Waals surface area contributed by atoms with Crippen LogP contribution in [-0.2, 0) is 6.54 Å². The molecule has 2 rings (SSSR count). The van der Waals surface area contributed by atoms with E-state index in [4.69, 9.17) is 4.74 Å². The molecule has 0 aliphatic rings. The Kier molecular flexibility index (Phi) is 8.13. The summed E-state index contributed by atoms with van der Waals surface area (Å²) in [6.45, 7) is 1.73. The highest BCUT2D eigenvalue weighted by Gasteiger charge is 2.10. The number of carbonyl (C=O) groups is 1. The predicted molar refractivity (Wildman–Crippen MR) is 112 cm³/mol. The Bertz CT molecular complexity index is 795. The van der Waals surface area contributed by atoms with E-state index in [0.717, 1.165) is 21.7 Å². The Morgan fingerprint density at radius 3 is 2.59 bits per heavy atom. The number of rotatable bonds is 7. The highest BCUT2D eigenvalue weighted by molar-refractivity contribution is 9.10. The molecule has 0 unspecified atom stereocenters. The number of aliphatic imine (C=N–C) groups is 1. The minimum absolute atomic E-state index is 0.101. The maximum absolute atomic E-state index is 12.1. The van der Waals surface area contributed by atoms with Crippen molar-refractivity contribution in [3.63, 3.8) is 0 Å². The first-order chi connectivity index (χ1) is 13.0. The van der Waals surface area contributed by atoms with E-state index in [1.54, 1.807) is 26.3 Å². The predicted octanol–water partition coefficient (Wildman–Crippen LogP) is 2.89. The number of methoxy groups -OCH3 is 1. The number of benzene rings is 2. The number of nitrogens with one attached hydrogen (secondary N) is 2. The molecule has 0 aliphatic heterocycles. The van der Waals surface area contributed by atoms with Gasteiger partial charge in [0, 0.05) is 49.3 Å². The van der Waals surface area contributed by atoms with Crippen molar-refractivity contribution in [3.8, 4) is 5.75 Å². The van der Waals surface area contributed by atoms with Crippen LogP contribution in [0.25, 0.3) is 0 Å². The Morgan fingerprint density at radius 2 is 1.89 bits per heavy atom. The number of carbonyl (C=O) groups excluding carboxylic acids is 1. The molecule has 0 spiro atoms. The molecule has 0 heterocycles. The van der Waals surface area contributed by atoms with Crippen LogP contribution < -0.4 is 15.4 Å². The lowest BCUT2D eigenvalue weighted by Crippen LogP contribution is -2.42. The molecule has 0 saturated carbocycles. The highest BCUT2D eigenvalue weighted by Crippen LogP contribution is 2.18. The van der Waals surface area contributed by atoms with Crippen molar-refractivity contribution in [1.29, 1.82) is 0 Å². The molecule has 0 bridgehead atoms. The summed E-state index contributed by atoms with van der Waals surface area (Å²) < 4.78 is 6.28. The van der Waals surface area contributed by atoms with Gasteiger partial charge in [0.15, 0.2) is 5.96 Å². The second kappa shape index (κ2) is 10.6. The molecule has 0 saturated heterocycles. The van der Waals surface area contributed by atoms with E-state index in [1.165, 1.54) is 0 Å². The summed E-state index contributed by atoms with van der Waals surface area (Å²) in [5.41, 5.74) is 1.70. The van der Waals surface area contributed by atoms with Gasteiger partial charge in [0.25, 0.3) is 5.91 Å². The van der Waals surface area contributed by atoms with Crippen molar-refractivity contribution in [1.82, 2.24) is 15.5 Å². The summed E-state index contributed by atoms with van der Waals surface area (Å²) in [6, 6.07) is 15.2. The number of para-hydroxylation sites is 1. The SMILES string of the molecule is CN=C(NCCNC(=O)c1cccc(Br)c1)N(C)Cc1ccccc1OC. The molecule has 0 aromatic heterocycles. The van der Waals surface area contributed by atoms with E-state index >= 15 is 0 Å². The van der Waals surface area contributed by atoms with Crippen molar-refractivity contribution in [2.45, 2.75) is 6.54 Å². The highest BCUT2D eigenvalue weighted by atomic mass is 79.9. The number of ether oxygens (including phenoxy) is 1. The van der Waals surface area contributed by atoms with Gasteiger partial charge in [-0.05, 0) is 24.3 Å². The Labute approximate surface area is 168 Å². The molecule has 0 radical (unpaired) electrons. The molecular weight excluding hydrogens is 408 g/mol. The summed E-state index contributed by atoms with van der Waals surface area (Å²) >= 11 is 3.37. The van der Waals surface area contributed by atoms with Gasteiger partial charge in [0.05, 0.1) is 7.11 Å². The standard InChI is InChI=1S/C20H25BrN4O2/c1-22-20(25(2)14-16-7-4-5-10-18(16)27-3)24-12-11-23-19(26)15-8-6-9-17(21)13-15/h4-10,13H,11-12,14H2,1-3H3,(H,22,24)(H,23,26). The molecule has 6 nitrogen and oxygen atoms in total. The first-order valence-corrected chi connectivity index (χ1v) is 9.42. The summed E-state index contributed by atoms with van der Waals surface area (Å²) in [6.07, 6.45) is 0. The van der Waals surface area contributed by atoms with Crippen LogP contribution >= 0.6 is 15.9 Å². The lowest BCUT2D eigenvalue weighted by atomic mass is 10.2. The monoisotopic (exact) mass is 432 g/mol. The Morgan fingerprint density at radius 1 is 1.15 bits per heavy atom. The van der Waals surface area contributed by atoms with Gasteiger partial charge in [-0.3, -0.25) is 9.79 Å². The topological polar surface area (TPSA) is 66.0 Å². The van der Waals surface area contributed by atoms with Gasteiger partial charge in [-0.2, -0.15) is 0 Å². The summed E-state index contributed by atoms with van der Waals surface area (Å²) in [4.78, 5) is 18.4. The van der Waals surface area contributed by atoms with Crippen molar-refractivity contribution in [3.05, 3.63) is 64.1 Å². The third-order valence-corrected chi connectivity index (χ3v) is 4.45. The normalized spacial score (nSPS) is 11.0. The first-order valence-electron chi connectivity index (χ1n) is 8.62. The van der Waals surface area contributed by atoms with E-state index in [9.17, 15) is 4.79 Å². The maximum atomic E-state index is 12.1. The molecule has 27 heavy (non-hydrogen) atoms. The van der Waals surface area contributed by atoms with Gasteiger partial charge in [-0.25, -0.2) is 0 Å². The van der Waals surface area contributed by atoms with Gasteiger partial charge in [-0.1, -0.05) is 40.2 Å². The number of hydrogen-bond acceptors (Lipinski definition) is 3. The number of nitrogens with zero attached hydrogens (tertiary/aromatic N) is 2. The average molecular weight is 433 g/mol. The molecule has 7 heteroatoms. The van der Waals surface area contributed by atoms with Crippen LogP contribution in [0.1, 0.15) is 15.9 Å². The summed E-state index contributed by atoms with van der Waals surface area (Å²) in [7, 11) is 5.36. The zero-order valence-corrected chi connectivity index (χ0v) is 17.4. The number of hydrogen-bond donors (Lipinski definition) is 2. The fourth-order valence-electron chi connectivity index (χ4n) is 2.63. The van der Waals surface area contributed by atoms with E-state index in [2.05, 4.69) is 31.6 Å². The molecule has 144 valence electrons. The van der Waals surface area contributed by atoms with Gasteiger partial charge < -0.3 is 20.3 Å². The van der Waals surface area contributed by atoms with Crippen LogP contribution in [0.5, 0.6) is 5.75 Å². The Hall–Kier alpha value is -2.54. The number of guanidine groups is 1. The van der Waals surface area contributed by atoms with Crippen molar-refractivity contribution in [2.75, 3.05) is 34.3 Å². The first kappa shape index (κ1) is 20.8. The minimum atomic E-state index is -0.101. The molecule has 1 amide bonds. The minimum Gasteiger partial charge on any atom is -0.496 e. The molecule has 0 aliphatic carbocycles. The number of halogens is 1. The van der Waals surface area contributed by atoms with E-state index in [0.29, 0.717) is 25.2 Å². The second-order valence-electron chi connectivity index (χ2n) is 5.91. The van der Waals surface area contributed by atoms with E-state index in [1.807, 2.05) is 48.3 Å². The van der Waals surface area contributed by atoms with Gasteiger partial charge in [-0.15, -0.1) is 0 Å². The van der Waals surface area contributed by atoms with Crippen molar-refractivity contribution < 1.29 is 9.53 Å². The molecule has 2 N–H and O–H groups in total. The summed E-state index contributed by atoms with van der Waals surface area (Å²) in [5.74, 6) is 1.49. The van der Waals surface area contributed by atoms with Gasteiger partial charge >= 0.3 is 0 Å². The van der Waals surface area contributed by atoms with Crippen LogP contribution in [0.3, 0.4) is 0 Å². The van der Waals surface area contributed by atoms with Crippen molar-refractivity contribution in [2.24, 2.45) is 4.99 Å². The average Bonchev–Trinajstić information content (AvgIpc) is 2.68. The maximum Gasteiger partial charge on any atom is 0.251 e. The second-order valence-corrected chi connectivity index (χ2v) is 6.82. The zero-order valence-electron chi connectivity index (χ0n) is 15.8. The molecular formula is C20H25BrN4O2. The van der Waals surface area contributed by atoms with E-state index in [-0.39, 0.29) is 5.91 Å². The van der Waals surface area contributed by atoms with Gasteiger partial charge in [0.2, 0.25) is 0 Å². The Balaban J connectivity index is 1.82. The van der Waals surface area contributed by atoms with Gasteiger partial charge in [0.1, 0.15) is 5.75 Å². The smallest absolute Gasteiger partial charge is 0.251 e. The molecule has 0 atom stereocenters. The number of amides is 1. The zero-order chi connectivity index (χ0) is 19.6. The molecule has 2 aromatic carbocycles. The molecule has 2 aromatic rings. The van der Waals surface area contributed by atoms with Crippen molar-refractivity contribution >= 4 is 27.8 Å². The van der Waals surface area contributed by atoms with Crippen LogP contribution in [0, 0.1) is 0 Å². The molecule has 0 fully saturated rings. The van der Waals surface area contributed by atoms with Crippen LogP contribution in [0.2, 0.25) is 0 Å². The largest absolute Gasteiger partial charge is 0.496 e. The fraction of sp³-hybridized carbons (Fsp3) is 0.300. The summed E-state index contributed by atoms with van der Waals surface area (Å²) in [5, 5.41) is 6.15.